The standard InChI is InChI=1S/C22H23N3O4S2/c1-13(2)14-5-4-6-16(9-14)25-12-15(10-20(25)26)21(27)24-22-23-18-8-7-17(31(3,28)29)11-19(18)30-22/h4-9,11,13,15H,10,12H2,1-3H3,(H,23,24,27)/t15-/m1/s1. The highest BCUT2D eigenvalue weighted by atomic mass is 32.2. The van der Waals surface area contributed by atoms with Gasteiger partial charge in [0, 0.05) is 24.9 Å². The van der Waals surface area contributed by atoms with Crippen LogP contribution in [-0.4, -0.2) is 38.0 Å². The van der Waals surface area contributed by atoms with Gasteiger partial charge in [0.05, 0.1) is 21.0 Å². The second-order valence-corrected chi connectivity index (χ2v) is 11.1. The van der Waals surface area contributed by atoms with Crippen molar-refractivity contribution in [3.8, 4) is 0 Å². The minimum Gasteiger partial charge on any atom is -0.312 e. The Morgan fingerprint density at radius 2 is 2.00 bits per heavy atom. The second kappa shape index (κ2) is 8.05. The van der Waals surface area contributed by atoms with Crippen molar-refractivity contribution in [2.24, 2.45) is 5.92 Å². The number of hydrogen-bond acceptors (Lipinski definition) is 6. The van der Waals surface area contributed by atoms with Gasteiger partial charge >= 0.3 is 0 Å². The number of carbonyl (C=O) groups is 2. The zero-order valence-corrected chi connectivity index (χ0v) is 19.1. The second-order valence-electron chi connectivity index (χ2n) is 8.07. The molecule has 2 heterocycles. The first-order valence-electron chi connectivity index (χ1n) is 9.93. The number of nitrogens with zero attached hydrogens (tertiary/aromatic N) is 2. The van der Waals surface area contributed by atoms with Crippen molar-refractivity contribution in [1.29, 1.82) is 0 Å². The molecule has 1 aliphatic heterocycles. The van der Waals surface area contributed by atoms with Crippen LogP contribution in [0.2, 0.25) is 0 Å². The van der Waals surface area contributed by atoms with Crippen molar-refractivity contribution in [3.05, 3.63) is 48.0 Å². The van der Waals surface area contributed by atoms with E-state index >= 15 is 0 Å². The number of benzene rings is 2. The fourth-order valence-electron chi connectivity index (χ4n) is 3.58. The van der Waals surface area contributed by atoms with Crippen molar-refractivity contribution >= 4 is 54.0 Å². The Kier molecular flexibility index (Phi) is 5.57. The van der Waals surface area contributed by atoms with E-state index in [2.05, 4.69) is 24.1 Å². The maximum atomic E-state index is 12.8. The zero-order chi connectivity index (χ0) is 22.3. The molecule has 0 radical (unpaired) electrons. The molecule has 0 unspecified atom stereocenters. The molecular formula is C22H23N3O4S2. The third-order valence-electron chi connectivity index (χ3n) is 5.36. The minimum atomic E-state index is -3.32. The van der Waals surface area contributed by atoms with Crippen LogP contribution >= 0.6 is 11.3 Å². The summed E-state index contributed by atoms with van der Waals surface area (Å²) in [5.74, 6) is -0.478. The van der Waals surface area contributed by atoms with Gasteiger partial charge < -0.3 is 10.2 Å². The highest BCUT2D eigenvalue weighted by Crippen LogP contribution is 2.31. The van der Waals surface area contributed by atoms with Crippen LogP contribution in [0.15, 0.2) is 47.4 Å². The number of rotatable bonds is 5. The van der Waals surface area contributed by atoms with Crippen LogP contribution in [0.3, 0.4) is 0 Å². The SMILES string of the molecule is CC(C)c1cccc(N2C[C@H](C(=O)Nc3nc4ccc(S(C)(=O)=O)cc4s3)CC2=O)c1. The number of aromatic nitrogens is 1. The molecule has 9 heteroatoms. The average Bonchev–Trinajstić information content (AvgIpc) is 3.29. The molecule has 0 bridgehead atoms. The van der Waals surface area contributed by atoms with E-state index < -0.39 is 15.8 Å². The predicted molar refractivity (Wildman–Crippen MR) is 122 cm³/mol. The Balaban J connectivity index is 1.49. The van der Waals surface area contributed by atoms with E-state index in [4.69, 9.17) is 0 Å². The molecule has 1 N–H and O–H groups in total. The number of thiazole rings is 1. The lowest BCUT2D eigenvalue weighted by atomic mass is 10.0. The summed E-state index contributed by atoms with van der Waals surface area (Å²) in [5, 5.41) is 3.18. The van der Waals surface area contributed by atoms with Crippen molar-refractivity contribution in [2.75, 3.05) is 23.0 Å². The summed E-state index contributed by atoms with van der Waals surface area (Å²) in [6.07, 6.45) is 1.29. The highest BCUT2D eigenvalue weighted by molar-refractivity contribution is 7.90. The first-order valence-corrected chi connectivity index (χ1v) is 12.6. The normalized spacial score (nSPS) is 17.0. The number of fused-ring (bicyclic) bond motifs is 1. The molecule has 3 aromatic rings. The van der Waals surface area contributed by atoms with Crippen LogP contribution in [0.5, 0.6) is 0 Å². The number of anilines is 2. The van der Waals surface area contributed by atoms with Gasteiger partial charge in [-0.1, -0.05) is 37.3 Å². The lowest BCUT2D eigenvalue weighted by Crippen LogP contribution is -2.28. The molecule has 1 aromatic heterocycles. The minimum absolute atomic E-state index is 0.0804. The van der Waals surface area contributed by atoms with E-state index in [1.807, 2.05) is 24.3 Å². The molecule has 31 heavy (non-hydrogen) atoms. The van der Waals surface area contributed by atoms with Gasteiger partial charge in [0.1, 0.15) is 0 Å². The monoisotopic (exact) mass is 457 g/mol. The van der Waals surface area contributed by atoms with Crippen LogP contribution in [0, 0.1) is 5.92 Å². The fourth-order valence-corrected chi connectivity index (χ4v) is 5.21. The van der Waals surface area contributed by atoms with Crippen molar-refractivity contribution in [3.63, 3.8) is 0 Å². The van der Waals surface area contributed by atoms with Crippen LogP contribution in [0.4, 0.5) is 10.8 Å². The molecule has 1 atom stereocenters. The molecular weight excluding hydrogens is 434 g/mol. The predicted octanol–water partition coefficient (Wildman–Crippen LogP) is 3.81. The summed E-state index contributed by atoms with van der Waals surface area (Å²) in [5.41, 5.74) is 2.56. The number of carbonyl (C=O) groups excluding carboxylic acids is 2. The summed E-state index contributed by atoms with van der Waals surface area (Å²) in [6.45, 7) is 4.51. The number of hydrogen-bond donors (Lipinski definition) is 1. The molecule has 2 aromatic carbocycles. The third kappa shape index (κ3) is 4.47. The van der Waals surface area contributed by atoms with E-state index in [9.17, 15) is 18.0 Å². The van der Waals surface area contributed by atoms with Crippen LogP contribution in [-0.2, 0) is 19.4 Å². The Labute approximate surface area is 185 Å². The van der Waals surface area contributed by atoms with E-state index in [1.165, 1.54) is 17.4 Å². The molecule has 162 valence electrons. The lowest BCUT2D eigenvalue weighted by Gasteiger charge is -2.18. The molecule has 0 saturated carbocycles. The summed E-state index contributed by atoms with van der Waals surface area (Å²) in [4.78, 5) is 31.6. The summed E-state index contributed by atoms with van der Waals surface area (Å²) >= 11 is 1.21. The van der Waals surface area contributed by atoms with Gasteiger partial charge in [0.2, 0.25) is 11.8 Å². The number of amides is 2. The van der Waals surface area contributed by atoms with Gasteiger partial charge in [0.15, 0.2) is 15.0 Å². The van der Waals surface area contributed by atoms with Crippen LogP contribution in [0.25, 0.3) is 10.2 Å². The highest BCUT2D eigenvalue weighted by Gasteiger charge is 2.35. The zero-order valence-electron chi connectivity index (χ0n) is 17.5. The summed E-state index contributed by atoms with van der Waals surface area (Å²) in [7, 11) is -3.32. The van der Waals surface area contributed by atoms with Gasteiger partial charge in [-0.05, 0) is 41.8 Å². The maximum Gasteiger partial charge on any atom is 0.231 e. The summed E-state index contributed by atoms with van der Waals surface area (Å²) in [6, 6.07) is 12.5. The average molecular weight is 458 g/mol. The quantitative estimate of drug-likeness (QED) is 0.628. The molecule has 7 nitrogen and oxygen atoms in total. The Morgan fingerprint density at radius 1 is 1.23 bits per heavy atom. The number of nitrogens with one attached hydrogen (secondary N) is 1. The van der Waals surface area contributed by atoms with Crippen molar-refractivity contribution in [2.45, 2.75) is 31.1 Å². The van der Waals surface area contributed by atoms with Crippen molar-refractivity contribution in [1.82, 2.24) is 4.98 Å². The molecule has 4 rings (SSSR count). The van der Waals surface area contributed by atoms with E-state index in [0.29, 0.717) is 27.8 Å². The molecule has 2 amide bonds. The molecule has 1 fully saturated rings. The van der Waals surface area contributed by atoms with E-state index in [0.717, 1.165) is 17.5 Å². The molecule has 1 saturated heterocycles. The van der Waals surface area contributed by atoms with Crippen LogP contribution < -0.4 is 10.2 Å². The largest absolute Gasteiger partial charge is 0.312 e. The van der Waals surface area contributed by atoms with Crippen molar-refractivity contribution < 1.29 is 18.0 Å². The molecule has 0 spiro atoms. The van der Waals surface area contributed by atoms with Gasteiger partial charge in [-0.3, -0.25) is 9.59 Å². The van der Waals surface area contributed by atoms with Gasteiger partial charge in [-0.15, -0.1) is 0 Å². The first kappa shape index (κ1) is 21.5. The lowest BCUT2D eigenvalue weighted by molar-refractivity contribution is -0.122. The third-order valence-corrected chi connectivity index (χ3v) is 7.41. The van der Waals surface area contributed by atoms with Gasteiger partial charge in [-0.25, -0.2) is 13.4 Å². The van der Waals surface area contributed by atoms with E-state index in [-0.39, 0.29) is 23.1 Å². The Morgan fingerprint density at radius 3 is 2.71 bits per heavy atom. The molecule has 1 aliphatic rings. The maximum absolute atomic E-state index is 12.8. The summed E-state index contributed by atoms with van der Waals surface area (Å²) < 4.78 is 24.2. The molecule has 0 aliphatic carbocycles. The smallest absolute Gasteiger partial charge is 0.231 e. The van der Waals surface area contributed by atoms with E-state index in [1.54, 1.807) is 17.0 Å². The first-order chi connectivity index (χ1) is 14.6. The Bertz CT molecular complexity index is 1280. The fraction of sp³-hybridized carbons (Fsp3) is 0.318. The van der Waals surface area contributed by atoms with Gasteiger partial charge in [-0.2, -0.15) is 0 Å². The van der Waals surface area contributed by atoms with Gasteiger partial charge in [0.25, 0.3) is 0 Å². The topological polar surface area (TPSA) is 96.4 Å². The Hall–Kier alpha value is -2.78. The number of sulfone groups is 1. The van der Waals surface area contributed by atoms with Crippen LogP contribution in [0.1, 0.15) is 31.7 Å².